The van der Waals surface area contributed by atoms with E-state index >= 15 is 0 Å². The van der Waals surface area contributed by atoms with Gasteiger partial charge in [0, 0.05) is 5.75 Å². The predicted molar refractivity (Wildman–Crippen MR) is 79.5 cm³/mol. The van der Waals surface area contributed by atoms with Crippen LogP contribution in [0, 0.1) is 0 Å². The maximum Gasteiger partial charge on any atom is 0.321 e. The summed E-state index contributed by atoms with van der Waals surface area (Å²) in [7, 11) is 0. The monoisotopic (exact) mass is 346 g/mol. The summed E-state index contributed by atoms with van der Waals surface area (Å²) < 4.78 is 0. The highest BCUT2D eigenvalue weighted by Crippen LogP contribution is 1.80. The first kappa shape index (κ1) is 28.3. The van der Waals surface area contributed by atoms with E-state index in [1.807, 2.05) is 0 Å². The Morgan fingerprint density at radius 1 is 0.773 bits per heavy atom. The van der Waals surface area contributed by atoms with Crippen molar-refractivity contribution in [1.29, 1.82) is 0 Å². The molecule has 13 heteroatoms. The van der Waals surface area contributed by atoms with Gasteiger partial charge in [-0.05, 0) is 0 Å². The third-order valence-electron chi connectivity index (χ3n) is 1.04. The van der Waals surface area contributed by atoms with E-state index in [0.717, 1.165) is 0 Å². The molecule has 0 aliphatic carbocycles. The molecule has 0 bridgehead atoms. The van der Waals surface area contributed by atoms with Crippen molar-refractivity contribution in [2.75, 3.05) is 25.4 Å². The minimum atomic E-state index is -1.00. The maximum atomic E-state index is 9.76. The van der Waals surface area contributed by atoms with Crippen molar-refractivity contribution in [1.82, 2.24) is 0 Å². The summed E-state index contributed by atoms with van der Waals surface area (Å²) in [5, 5.41) is 30.8. The Hall–Kier alpha value is -1.93. The third kappa shape index (κ3) is 51.9. The molecule has 12 nitrogen and oxygen atoms in total. The van der Waals surface area contributed by atoms with Crippen molar-refractivity contribution in [2.45, 2.75) is 6.04 Å². The maximum absolute atomic E-state index is 9.76. The second kappa shape index (κ2) is 21.4. The highest BCUT2D eigenvalue weighted by Gasteiger charge is 2.06. The molecular formula is C9H22N4O8S. The van der Waals surface area contributed by atoms with Gasteiger partial charge in [0.2, 0.25) is 0 Å². The van der Waals surface area contributed by atoms with Crippen molar-refractivity contribution in [3.05, 3.63) is 0 Å². The van der Waals surface area contributed by atoms with E-state index in [9.17, 15) is 19.2 Å². The molecule has 132 valence electrons. The van der Waals surface area contributed by atoms with Crippen LogP contribution in [0.5, 0.6) is 0 Å². The van der Waals surface area contributed by atoms with Gasteiger partial charge in [0.05, 0.1) is 19.6 Å². The van der Waals surface area contributed by atoms with Gasteiger partial charge in [-0.3, -0.25) is 19.2 Å². The minimum Gasteiger partial charge on any atom is -0.480 e. The lowest BCUT2D eigenvalue weighted by molar-refractivity contribution is -0.138. The third-order valence-corrected chi connectivity index (χ3v) is 1.43. The molecule has 0 aromatic rings. The molecule has 0 heterocycles. The van der Waals surface area contributed by atoms with E-state index in [1.54, 1.807) is 0 Å². The van der Waals surface area contributed by atoms with Gasteiger partial charge < -0.3 is 43.4 Å². The van der Waals surface area contributed by atoms with Crippen molar-refractivity contribution in [3.63, 3.8) is 0 Å². The molecule has 0 aromatic heterocycles. The summed E-state index contributed by atoms with van der Waals surface area (Å²) in [6.07, 6.45) is 0. The number of hydrogen-bond acceptors (Lipinski definition) is 9. The molecule has 0 aliphatic heterocycles. The topological polar surface area (TPSA) is 253 Å². The number of nitrogens with two attached hydrogens (primary N) is 4. The second-order valence-electron chi connectivity index (χ2n) is 2.92. The number of carbonyl (C=O) groups is 4. The average Bonchev–Trinajstić information content (AvgIpc) is 2.47. The highest BCUT2D eigenvalue weighted by atomic mass is 32.1. The standard InChI is InChI=1S/C3H7NO2S.3C2H5NO2/c4-2(1-7)3(5)6;3*3-1-2(4)5/h2,7H,1,4H2,(H,5,6);3*1,3H2,(H,4,5)/t2-;;;/m0.../s1. The molecule has 1 atom stereocenters. The van der Waals surface area contributed by atoms with Gasteiger partial charge in [-0.1, -0.05) is 0 Å². The Balaban J connectivity index is -0.0000000995. The van der Waals surface area contributed by atoms with Crippen LogP contribution >= 0.6 is 12.6 Å². The lowest BCUT2D eigenvalue weighted by Gasteiger charge is -1.96. The molecular weight excluding hydrogens is 324 g/mol. The summed E-state index contributed by atoms with van der Waals surface area (Å²) in [6.45, 7) is -0.833. The molecule has 0 rings (SSSR count). The number of aliphatic carboxylic acids is 4. The van der Waals surface area contributed by atoms with Gasteiger partial charge in [0.15, 0.2) is 0 Å². The molecule has 0 fully saturated rings. The van der Waals surface area contributed by atoms with Crippen LogP contribution in [0.1, 0.15) is 0 Å². The first-order valence-corrected chi connectivity index (χ1v) is 5.98. The second-order valence-corrected chi connectivity index (χ2v) is 3.29. The normalized spacial score (nSPS) is 9.32. The van der Waals surface area contributed by atoms with Gasteiger partial charge in [-0.15, -0.1) is 0 Å². The zero-order valence-electron chi connectivity index (χ0n) is 11.6. The number of thiol groups is 1. The van der Waals surface area contributed by atoms with Gasteiger partial charge in [0.25, 0.3) is 0 Å². The van der Waals surface area contributed by atoms with E-state index in [0.29, 0.717) is 0 Å². The first-order valence-electron chi connectivity index (χ1n) is 5.34. The largest absolute Gasteiger partial charge is 0.480 e. The van der Waals surface area contributed by atoms with E-state index < -0.39 is 29.9 Å². The fourth-order valence-corrected chi connectivity index (χ4v) is 0.234. The Morgan fingerprint density at radius 2 is 0.955 bits per heavy atom. The van der Waals surface area contributed by atoms with Crippen molar-refractivity contribution < 1.29 is 39.6 Å². The molecule has 0 unspecified atom stereocenters. The molecule has 0 amide bonds. The molecule has 0 saturated carbocycles. The lowest BCUT2D eigenvalue weighted by atomic mass is 10.4. The Morgan fingerprint density at radius 3 is 0.955 bits per heavy atom. The molecule has 12 N–H and O–H groups in total. The number of rotatable bonds is 5. The van der Waals surface area contributed by atoms with E-state index in [4.69, 9.17) is 26.2 Å². The first-order chi connectivity index (χ1) is 9.99. The molecule has 22 heavy (non-hydrogen) atoms. The Bertz CT molecular complexity index is 295. The van der Waals surface area contributed by atoms with Crippen molar-refractivity contribution >= 4 is 36.5 Å². The van der Waals surface area contributed by atoms with Crippen LogP contribution in [0.2, 0.25) is 0 Å². The molecule has 0 spiro atoms. The van der Waals surface area contributed by atoms with Gasteiger partial charge in [0.1, 0.15) is 6.04 Å². The van der Waals surface area contributed by atoms with E-state index in [2.05, 4.69) is 29.8 Å². The minimum absolute atomic E-state index is 0.190. The number of carboxylic acids is 4. The summed E-state index contributed by atoms with van der Waals surface area (Å²) in [5.74, 6) is -3.72. The van der Waals surface area contributed by atoms with Crippen LogP contribution in [0.4, 0.5) is 0 Å². The molecule has 0 saturated heterocycles. The van der Waals surface area contributed by atoms with Gasteiger partial charge in [-0.2, -0.15) is 12.6 Å². The lowest BCUT2D eigenvalue weighted by Crippen LogP contribution is -2.31. The van der Waals surface area contributed by atoms with Gasteiger partial charge >= 0.3 is 23.9 Å². The molecule has 0 aromatic carbocycles. The smallest absolute Gasteiger partial charge is 0.321 e. The predicted octanol–water partition coefficient (Wildman–Crippen LogP) is -3.58. The van der Waals surface area contributed by atoms with Crippen LogP contribution in [0.25, 0.3) is 0 Å². The summed E-state index contributed by atoms with van der Waals surface area (Å²) >= 11 is 3.65. The van der Waals surface area contributed by atoms with Crippen LogP contribution in [0.15, 0.2) is 0 Å². The summed E-state index contributed by atoms with van der Waals surface area (Å²) in [6, 6.07) is -0.816. The molecule has 0 aliphatic rings. The van der Waals surface area contributed by atoms with E-state index in [-0.39, 0.29) is 25.4 Å². The molecule has 0 radical (unpaired) electrons. The Labute approximate surface area is 131 Å². The van der Waals surface area contributed by atoms with Crippen molar-refractivity contribution in [3.8, 4) is 0 Å². The van der Waals surface area contributed by atoms with Crippen LogP contribution in [0.3, 0.4) is 0 Å². The zero-order valence-corrected chi connectivity index (χ0v) is 12.5. The van der Waals surface area contributed by atoms with Gasteiger partial charge in [-0.25, -0.2) is 0 Å². The highest BCUT2D eigenvalue weighted by molar-refractivity contribution is 7.80. The summed E-state index contributed by atoms with van der Waals surface area (Å²) in [5.41, 5.74) is 18.7. The van der Waals surface area contributed by atoms with E-state index in [1.165, 1.54) is 0 Å². The fraction of sp³-hybridized carbons (Fsp3) is 0.556. The SMILES string of the molecule is NCC(=O)O.NCC(=O)O.NCC(=O)O.N[C@@H](CS)C(=O)O. The van der Waals surface area contributed by atoms with Crippen LogP contribution in [-0.2, 0) is 19.2 Å². The van der Waals surface area contributed by atoms with Crippen LogP contribution < -0.4 is 22.9 Å². The summed E-state index contributed by atoms with van der Waals surface area (Å²) in [4.78, 5) is 37.5. The zero-order chi connectivity index (χ0) is 18.7. The Kier molecular flexibility index (Phi) is 27.5. The number of hydrogen-bond donors (Lipinski definition) is 9. The van der Waals surface area contributed by atoms with Crippen LogP contribution in [-0.4, -0.2) is 75.7 Å². The average molecular weight is 346 g/mol. The fourth-order valence-electron chi connectivity index (χ4n) is 0.0781. The number of carboxylic acid groups (broad SMARTS) is 4. The quantitative estimate of drug-likeness (QED) is 0.219. The van der Waals surface area contributed by atoms with Crippen molar-refractivity contribution in [2.24, 2.45) is 22.9 Å².